The lowest BCUT2D eigenvalue weighted by molar-refractivity contribution is 0.431. The molecule has 0 aliphatic carbocycles. The van der Waals surface area contributed by atoms with Crippen molar-refractivity contribution in [1.29, 1.82) is 0 Å². The maximum Gasteiger partial charge on any atom is 0.303 e. The minimum absolute atomic E-state index is 0.526. The van der Waals surface area contributed by atoms with Gasteiger partial charge in [-0.05, 0) is 37.6 Å². The summed E-state index contributed by atoms with van der Waals surface area (Å²) < 4.78 is 28.1. The Morgan fingerprint density at radius 2 is 2.05 bits per heavy atom. The molecule has 6 heteroatoms. The van der Waals surface area contributed by atoms with Crippen LogP contribution < -0.4 is 9.62 Å². The maximum absolute atomic E-state index is 12.6. The second-order valence-corrected chi connectivity index (χ2v) is 6.78. The summed E-state index contributed by atoms with van der Waals surface area (Å²) in [7, 11) is -1.81. The van der Waals surface area contributed by atoms with Crippen LogP contribution in [0.5, 0.6) is 0 Å². The van der Waals surface area contributed by atoms with Crippen LogP contribution in [-0.2, 0) is 10.2 Å². The van der Waals surface area contributed by atoms with E-state index in [1.54, 1.807) is 11.4 Å². The zero-order valence-electron chi connectivity index (χ0n) is 11.5. The van der Waals surface area contributed by atoms with Crippen LogP contribution in [-0.4, -0.2) is 45.9 Å². The average Bonchev–Trinajstić information content (AvgIpc) is 2.67. The highest BCUT2D eigenvalue weighted by molar-refractivity contribution is 7.90. The second-order valence-electron chi connectivity index (χ2n) is 4.82. The van der Waals surface area contributed by atoms with Crippen LogP contribution in [0, 0.1) is 6.92 Å². The third-order valence-corrected chi connectivity index (χ3v) is 5.26. The fourth-order valence-electron chi connectivity index (χ4n) is 2.18. The van der Waals surface area contributed by atoms with E-state index in [0.29, 0.717) is 25.3 Å². The molecule has 0 bridgehead atoms. The molecule has 5 nitrogen and oxygen atoms in total. The molecular formula is C13H21N3O2S. The topological polar surface area (TPSA) is 52.7 Å². The number of nitrogens with one attached hydrogen (secondary N) is 1. The number of anilines is 1. The summed E-state index contributed by atoms with van der Waals surface area (Å²) in [5.41, 5.74) is 1.76. The summed E-state index contributed by atoms with van der Waals surface area (Å²) in [5.74, 6) is 0. The number of hydrogen-bond donors (Lipinski definition) is 1. The van der Waals surface area contributed by atoms with Crippen LogP contribution in [0.25, 0.3) is 0 Å². The number of nitrogens with zero attached hydrogens (tertiary/aromatic N) is 2. The van der Waals surface area contributed by atoms with E-state index in [4.69, 9.17) is 0 Å². The Morgan fingerprint density at radius 3 is 2.79 bits per heavy atom. The van der Waals surface area contributed by atoms with Gasteiger partial charge in [0, 0.05) is 26.7 Å². The highest BCUT2D eigenvalue weighted by Crippen LogP contribution is 2.20. The van der Waals surface area contributed by atoms with E-state index in [9.17, 15) is 8.42 Å². The van der Waals surface area contributed by atoms with Gasteiger partial charge in [0.2, 0.25) is 0 Å². The van der Waals surface area contributed by atoms with Gasteiger partial charge in [0.15, 0.2) is 0 Å². The fraction of sp³-hybridized carbons (Fsp3) is 0.538. The molecule has 0 radical (unpaired) electrons. The van der Waals surface area contributed by atoms with Crippen LogP contribution in [0.2, 0.25) is 0 Å². The first-order valence-corrected chi connectivity index (χ1v) is 7.93. The lowest BCUT2D eigenvalue weighted by atomic mass is 10.2. The molecule has 19 heavy (non-hydrogen) atoms. The third-order valence-electron chi connectivity index (χ3n) is 3.34. The van der Waals surface area contributed by atoms with E-state index in [0.717, 1.165) is 18.5 Å². The molecule has 1 aromatic rings. The smallest absolute Gasteiger partial charge is 0.303 e. The largest absolute Gasteiger partial charge is 0.315 e. The van der Waals surface area contributed by atoms with Crippen molar-refractivity contribution in [3.63, 3.8) is 0 Å². The molecule has 106 valence electrons. The van der Waals surface area contributed by atoms with Gasteiger partial charge in [-0.15, -0.1) is 0 Å². The molecular weight excluding hydrogens is 262 g/mol. The molecule has 0 unspecified atom stereocenters. The van der Waals surface area contributed by atoms with Crippen molar-refractivity contribution in [2.75, 3.05) is 37.5 Å². The van der Waals surface area contributed by atoms with Gasteiger partial charge < -0.3 is 5.32 Å². The molecule has 0 atom stereocenters. The Balaban J connectivity index is 2.22. The molecule has 0 amide bonds. The SMILES string of the molecule is Cc1cccc(N(C)S(=O)(=O)N2CCCNCC2)c1. The lowest BCUT2D eigenvalue weighted by Crippen LogP contribution is -2.43. The van der Waals surface area contributed by atoms with Gasteiger partial charge in [-0.1, -0.05) is 12.1 Å². The molecule has 1 aliphatic rings. The van der Waals surface area contributed by atoms with E-state index in [1.807, 2.05) is 31.2 Å². The molecule has 0 saturated carbocycles. The van der Waals surface area contributed by atoms with Crippen molar-refractivity contribution in [2.24, 2.45) is 0 Å². The molecule has 1 aromatic carbocycles. The molecule has 1 saturated heterocycles. The number of aryl methyl sites for hydroxylation is 1. The summed E-state index contributed by atoms with van der Waals surface area (Å²) >= 11 is 0. The van der Waals surface area contributed by atoms with E-state index >= 15 is 0 Å². The summed E-state index contributed by atoms with van der Waals surface area (Å²) in [6.45, 7) is 4.64. The van der Waals surface area contributed by atoms with Gasteiger partial charge in [-0.3, -0.25) is 4.31 Å². The van der Waals surface area contributed by atoms with Gasteiger partial charge in [0.25, 0.3) is 0 Å². The number of rotatable bonds is 3. The quantitative estimate of drug-likeness (QED) is 0.899. The van der Waals surface area contributed by atoms with Crippen LogP contribution >= 0.6 is 0 Å². The summed E-state index contributed by atoms with van der Waals surface area (Å²) in [6.07, 6.45) is 0.848. The van der Waals surface area contributed by atoms with Crippen molar-refractivity contribution in [1.82, 2.24) is 9.62 Å². The zero-order valence-corrected chi connectivity index (χ0v) is 12.3. The van der Waals surface area contributed by atoms with Gasteiger partial charge >= 0.3 is 10.2 Å². The predicted molar refractivity (Wildman–Crippen MR) is 77.6 cm³/mol. The molecule has 1 heterocycles. The Hall–Kier alpha value is -1.11. The van der Waals surface area contributed by atoms with Crippen molar-refractivity contribution >= 4 is 15.9 Å². The predicted octanol–water partition coefficient (Wildman–Crippen LogP) is 0.971. The van der Waals surface area contributed by atoms with Crippen LogP contribution in [0.1, 0.15) is 12.0 Å². The minimum Gasteiger partial charge on any atom is -0.315 e. The Morgan fingerprint density at radius 1 is 1.26 bits per heavy atom. The number of benzene rings is 1. The van der Waals surface area contributed by atoms with Crippen LogP contribution in [0.15, 0.2) is 24.3 Å². The molecule has 1 aliphatic heterocycles. The Bertz CT molecular complexity index is 522. The van der Waals surface area contributed by atoms with E-state index < -0.39 is 10.2 Å². The normalized spacial score (nSPS) is 18.0. The first-order chi connectivity index (χ1) is 9.01. The molecule has 0 spiro atoms. The van der Waals surface area contributed by atoms with Gasteiger partial charge in [-0.25, -0.2) is 0 Å². The maximum atomic E-state index is 12.6. The monoisotopic (exact) mass is 283 g/mol. The highest BCUT2D eigenvalue weighted by atomic mass is 32.2. The summed E-state index contributed by atoms with van der Waals surface area (Å²) in [5, 5.41) is 3.21. The average molecular weight is 283 g/mol. The highest BCUT2D eigenvalue weighted by Gasteiger charge is 2.27. The molecule has 1 N–H and O–H groups in total. The molecule has 1 fully saturated rings. The standard InChI is InChI=1S/C13H21N3O2S/c1-12-5-3-6-13(11-12)15(2)19(17,18)16-9-4-7-14-8-10-16/h3,5-6,11,14H,4,7-10H2,1-2H3. The van der Waals surface area contributed by atoms with Gasteiger partial charge in [0.1, 0.15) is 0 Å². The first kappa shape index (κ1) is 14.3. The van der Waals surface area contributed by atoms with Crippen molar-refractivity contribution in [3.05, 3.63) is 29.8 Å². The first-order valence-electron chi connectivity index (χ1n) is 6.53. The van der Waals surface area contributed by atoms with E-state index in [2.05, 4.69) is 5.32 Å². The van der Waals surface area contributed by atoms with Crippen LogP contribution in [0.3, 0.4) is 0 Å². The third kappa shape index (κ3) is 3.26. The van der Waals surface area contributed by atoms with Gasteiger partial charge in [-0.2, -0.15) is 12.7 Å². The fourth-order valence-corrected chi connectivity index (χ4v) is 3.59. The number of hydrogen-bond acceptors (Lipinski definition) is 3. The lowest BCUT2D eigenvalue weighted by Gasteiger charge is -2.27. The second kappa shape index (κ2) is 5.90. The van der Waals surface area contributed by atoms with Gasteiger partial charge in [0.05, 0.1) is 5.69 Å². The Labute approximate surface area is 115 Å². The summed E-state index contributed by atoms with van der Waals surface area (Å²) in [4.78, 5) is 0. The molecule has 2 rings (SSSR count). The van der Waals surface area contributed by atoms with Crippen LogP contribution in [0.4, 0.5) is 5.69 Å². The summed E-state index contributed by atoms with van der Waals surface area (Å²) in [6, 6.07) is 7.54. The van der Waals surface area contributed by atoms with E-state index in [-0.39, 0.29) is 0 Å². The van der Waals surface area contributed by atoms with Crippen molar-refractivity contribution in [2.45, 2.75) is 13.3 Å². The van der Waals surface area contributed by atoms with Crippen molar-refractivity contribution < 1.29 is 8.42 Å². The zero-order chi connectivity index (χ0) is 13.9. The Kier molecular flexibility index (Phi) is 4.44. The van der Waals surface area contributed by atoms with Crippen molar-refractivity contribution in [3.8, 4) is 0 Å². The minimum atomic E-state index is -3.43. The van der Waals surface area contributed by atoms with E-state index in [1.165, 1.54) is 4.31 Å². The molecule has 0 aromatic heterocycles.